The molecule has 0 bridgehead atoms. The molecule has 10 nitrogen and oxygen atoms in total. The Labute approximate surface area is 316 Å². The molecule has 0 aromatic carbocycles. The maximum atomic E-state index is 13.0. The Morgan fingerprint density at radius 3 is 1.79 bits per heavy atom. The van der Waals surface area contributed by atoms with Crippen molar-refractivity contribution < 1.29 is 44.9 Å². The molecule has 7 N–H and O–H groups in total. The highest BCUT2D eigenvalue weighted by atomic mass is 16.7. The van der Waals surface area contributed by atoms with Gasteiger partial charge in [0.2, 0.25) is 5.91 Å². The van der Waals surface area contributed by atoms with E-state index in [2.05, 4.69) is 32.2 Å². The van der Waals surface area contributed by atoms with Gasteiger partial charge in [0.15, 0.2) is 6.29 Å². The molecule has 0 aliphatic carbocycles. The number of ether oxygens (including phenoxy) is 2. The normalized spacial score (nSPS) is 22.9. The summed E-state index contributed by atoms with van der Waals surface area (Å²) in [6.45, 7) is 5.70. The zero-order valence-corrected chi connectivity index (χ0v) is 33.1. The van der Waals surface area contributed by atoms with Gasteiger partial charge in [-0.15, -0.1) is 0 Å². The summed E-state index contributed by atoms with van der Waals surface area (Å²) < 4.78 is 11.1. The first-order valence-electron chi connectivity index (χ1n) is 21.1. The topological polar surface area (TPSA) is 169 Å². The van der Waals surface area contributed by atoms with Crippen molar-refractivity contribution in [1.29, 1.82) is 0 Å². The van der Waals surface area contributed by atoms with E-state index in [1.165, 1.54) is 108 Å². The molecule has 1 aliphatic rings. The number of unbranched alkanes of at least 4 members (excludes halogenated alkanes) is 19. The third-order valence-electron chi connectivity index (χ3n) is 10.2. The predicted octanol–water partition coefficient (Wildman–Crippen LogP) is 6.91. The quantitative estimate of drug-likeness (QED) is 0.0279. The van der Waals surface area contributed by atoms with Gasteiger partial charge in [-0.05, 0) is 39.0 Å². The average molecular weight is 742 g/mol. The van der Waals surface area contributed by atoms with E-state index in [9.17, 15) is 35.4 Å². The van der Waals surface area contributed by atoms with Crippen LogP contribution >= 0.6 is 0 Å². The van der Waals surface area contributed by atoms with Crippen LogP contribution in [0.5, 0.6) is 0 Å². The molecule has 1 heterocycles. The summed E-state index contributed by atoms with van der Waals surface area (Å²) >= 11 is 0. The third kappa shape index (κ3) is 22.8. The molecule has 0 unspecified atom stereocenters. The van der Waals surface area contributed by atoms with Gasteiger partial charge in [0.1, 0.15) is 30.5 Å². The van der Waals surface area contributed by atoms with E-state index in [0.717, 1.165) is 32.1 Å². The number of hydrogen-bond donors (Lipinski definition) is 7. The Morgan fingerprint density at radius 2 is 1.25 bits per heavy atom. The number of aliphatic hydroxyl groups is 6. The molecular formula is C42H79NO9. The van der Waals surface area contributed by atoms with Crippen LogP contribution in [0.3, 0.4) is 0 Å². The molecule has 1 saturated heterocycles. The maximum Gasteiger partial charge on any atom is 0.249 e. The predicted molar refractivity (Wildman–Crippen MR) is 209 cm³/mol. The van der Waals surface area contributed by atoms with Crippen LogP contribution in [0.15, 0.2) is 23.8 Å². The fourth-order valence-electron chi connectivity index (χ4n) is 6.65. The van der Waals surface area contributed by atoms with E-state index in [4.69, 9.17) is 9.47 Å². The zero-order valence-electron chi connectivity index (χ0n) is 33.1. The molecule has 0 spiro atoms. The van der Waals surface area contributed by atoms with Gasteiger partial charge >= 0.3 is 0 Å². The second kappa shape index (κ2) is 31.9. The summed E-state index contributed by atoms with van der Waals surface area (Å²) in [7, 11) is 0. The second-order valence-electron chi connectivity index (χ2n) is 15.1. The standard InChI is InChI=1S/C42H79NO9/c1-4-6-8-10-12-13-14-15-16-17-18-19-21-25-30-36(46)41(50)43-34(32-51-42-40(49)39(48)38(47)37(31-44)52-42)35(45)29-26-22-24-28-33(3)27-23-20-11-9-7-5-2/h26,28-29,34-40,42,44-49H,4-25,27,30-32H2,1-3H3,(H,43,50)/t34-,35+,36+,37+,38+,39-,40+,42+/m0/s1. The van der Waals surface area contributed by atoms with Crippen LogP contribution in [-0.4, -0.2) is 98.7 Å². The fourth-order valence-corrected chi connectivity index (χ4v) is 6.65. The van der Waals surface area contributed by atoms with Crippen LogP contribution in [0.1, 0.15) is 175 Å². The van der Waals surface area contributed by atoms with Gasteiger partial charge in [-0.1, -0.05) is 160 Å². The fraction of sp³-hybridized carbons (Fsp3) is 0.881. The first-order chi connectivity index (χ1) is 25.2. The smallest absolute Gasteiger partial charge is 0.249 e. The molecule has 1 aliphatic heterocycles. The zero-order chi connectivity index (χ0) is 38.4. The van der Waals surface area contributed by atoms with Gasteiger partial charge in [0.25, 0.3) is 0 Å². The van der Waals surface area contributed by atoms with Crippen molar-refractivity contribution in [1.82, 2.24) is 5.32 Å². The number of aliphatic hydroxyl groups excluding tert-OH is 6. The Bertz CT molecular complexity index is 914. The molecule has 52 heavy (non-hydrogen) atoms. The Hall–Kier alpha value is -1.37. The summed E-state index contributed by atoms with van der Waals surface area (Å²) in [4.78, 5) is 13.0. The lowest BCUT2D eigenvalue weighted by Crippen LogP contribution is -2.60. The molecule has 8 atom stereocenters. The van der Waals surface area contributed by atoms with Crippen LogP contribution in [0.2, 0.25) is 0 Å². The van der Waals surface area contributed by atoms with Crippen LogP contribution in [0.25, 0.3) is 0 Å². The molecule has 10 heteroatoms. The van der Waals surface area contributed by atoms with Crippen molar-refractivity contribution in [2.45, 2.75) is 224 Å². The van der Waals surface area contributed by atoms with Gasteiger partial charge in [-0.3, -0.25) is 4.79 Å². The van der Waals surface area contributed by atoms with Crippen molar-refractivity contribution in [2.24, 2.45) is 0 Å². The minimum atomic E-state index is -1.61. The lowest BCUT2D eigenvalue weighted by atomic mass is 9.99. The minimum Gasteiger partial charge on any atom is -0.394 e. The summed E-state index contributed by atoms with van der Waals surface area (Å²) in [5.74, 6) is -0.627. The van der Waals surface area contributed by atoms with E-state index >= 15 is 0 Å². The summed E-state index contributed by atoms with van der Waals surface area (Å²) in [6, 6.07) is -0.993. The first-order valence-corrected chi connectivity index (χ1v) is 21.1. The SMILES string of the molecule is CCCCCCCCCCCCCCCC[C@@H](O)C(=O)N[C@@H](CO[C@@H]1O[C@H](CO)[C@@H](O)[C@H](O)[C@H]1O)[C@H](O)C=CCCC=C(C)CCCCCCCC. The lowest BCUT2D eigenvalue weighted by Gasteiger charge is -2.40. The van der Waals surface area contributed by atoms with Crippen molar-refractivity contribution in [3.63, 3.8) is 0 Å². The number of hydrogen-bond acceptors (Lipinski definition) is 9. The molecule has 0 aromatic heterocycles. The molecule has 0 saturated carbocycles. The molecule has 1 amide bonds. The van der Waals surface area contributed by atoms with Crippen molar-refractivity contribution in [2.75, 3.05) is 13.2 Å². The van der Waals surface area contributed by atoms with Crippen LogP contribution < -0.4 is 5.32 Å². The maximum absolute atomic E-state index is 13.0. The highest BCUT2D eigenvalue weighted by Gasteiger charge is 2.44. The average Bonchev–Trinajstić information content (AvgIpc) is 3.14. The molecule has 306 valence electrons. The highest BCUT2D eigenvalue weighted by molar-refractivity contribution is 5.80. The number of allylic oxidation sites excluding steroid dienone is 3. The third-order valence-corrected chi connectivity index (χ3v) is 10.2. The number of nitrogens with one attached hydrogen (secondary N) is 1. The van der Waals surface area contributed by atoms with E-state index in [1.807, 2.05) is 6.08 Å². The van der Waals surface area contributed by atoms with Crippen LogP contribution in [0, 0.1) is 0 Å². The Balaban J connectivity index is 2.55. The molecule has 0 radical (unpaired) electrons. The van der Waals surface area contributed by atoms with Crippen molar-refractivity contribution in [3.05, 3.63) is 23.8 Å². The number of amides is 1. The van der Waals surface area contributed by atoms with Crippen molar-refractivity contribution in [3.8, 4) is 0 Å². The summed E-state index contributed by atoms with van der Waals surface area (Å²) in [5.41, 5.74) is 1.36. The van der Waals surface area contributed by atoms with Gasteiger partial charge < -0.3 is 45.4 Å². The van der Waals surface area contributed by atoms with Gasteiger partial charge in [-0.25, -0.2) is 0 Å². The second-order valence-corrected chi connectivity index (χ2v) is 15.1. The van der Waals surface area contributed by atoms with Gasteiger partial charge in [-0.2, -0.15) is 0 Å². The van der Waals surface area contributed by atoms with E-state index in [1.54, 1.807) is 6.08 Å². The number of carbonyl (C=O) groups is 1. The van der Waals surface area contributed by atoms with Crippen LogP contribution in [0.4, 0.5) is 0 Å². The summed E-state index contributed by atoms with van der Waals surface area (Å²) in [6.07, 6.45) is 23.5. The monoisotopic (exact) mass is 742 g/mol. The van der Waals surface area contributed by atoms with Crippen molar-refractivity contribution >= 4 is 5.91 Å². The molecular weight excluding hydrogens is 662 g/mol. The van der Waals surface area contributed by atoms with E-state index < -0.39 is 61.5 Å². The molecule has 1 rings (SSSR count). The molecule has 1 fully saturated rings. The van der Waals surface area contributed by atoms with E-state index in [-0.39, 0.29) is 6.61 Å². The number of carbonyl (C=O) groups excluding carboxylic acids is 1. The lowest BCUT2D eigenvalue weighted by molar-refractivity contribution is -0.302. The van der Waals surface area contributed by atoms with Crippen LogP contribution in [-0.2, 0) is 14.3 Å². The Kier molecular flexibility index (Phi) is 29.9. The Morgan fingerprint density at radius 1 is 0.731 bits per heavy atom. The van der Waals surface area contributed by atoms with Gasteiger partial charge in [0.05, 0.1) is 25.4 Å². The minimum absolute atomic E-state index is 0.306. The summed E-state index contributed by atoms with van der Waals surface area (Å²) in [5, 5.41) is 64.5. The largest absolute Gasteiger partial charge is 0.394 e. The van der Waals surface area contributed by atoms with Gasteiger partial charge in [0, 0.05) is 0 Å². The first kappa shape index (κ1) is 48.6. The molecule has 0 aromatic rings. The highest BCUT2D eigenvalue weighted by Crippen LogP contribution is 2.22. The number of rotatable bonds is 33. The van der Waals surface area contributed by atoms with E-state index in [0.29, 0.717) is 19.3 Å².